The van der Waals surface area contributed by atoms with E-state index in [0.29, 0.717) is 0 Å². The van der Waals surface area contributed by atoms with Crippen molar-refractivity contribution in [3.05, 3.63) is 0 Å². The minimum absolute atomic E-state index is 0.910. The van der Waals surface area contributed by atoms with Crippen molar-refractivity contribution in [2.24, 2.45) is 0 Å². The Kier molecular flexibility index (Phi) is 5.61. The van der Waals surface area contributed by atoms with Gasteiger partial charge in [0.2, 0.25) is 0 Å². The third kappa shape index (κ3) is 4.82. The van der Waals surface area contributed by atoms with Gasteiger partial charge in [-0.25, -0.2) is 0 Å². The van der Waals surface area contributed by atoms with Crippen LogP contribution in [0, 0.1) is 0 Å². The summed E-state index contributed by atoms with van der Waals surface area (Å²) in [7, 11) is 3.37. The molecule has 0 rings (SSSR count). The summed E-state index contributed by atoms with van der Waals surface area (Å²) in [4.78, 5) is 2.96. The maximum absolute atomic E-state index is 2.96. The summed E-state index contributed by atoms with van der Waals surface area (Å²) in [6.45, 7) is 2.15. The van der Waals surface area contributed by atoms with Crippen LogP contribution in [-0.2, 0) is 0 Å². The largest absolute Gasteiger partial charge is 0.282 e. The average molecular weight is 109 g/mol. The van der Waals surface area contributed by atoms with Gasteiger partial charge in [0.15, 0.2) is 0 Å². The summed E-state index contributed by atoms with van der Waals surface area (Å²) >= 11 is 0. The normalized spacial score (nSPS) is 10.8. The first-order valence-corrected chi connectivity index (χ1v) is 3.38. The smallest absolute Gasteiger partial charge is 0.0249 e. The molecular formula is C2H9NP2. The molecular weight excluding hydrogens is 100.0 g/mol. The van der Waals surface area contributed by atoms with Gasteiger partial charge in [0.25, 0.3) is 0 Å². The van der Waals surface area contributed by atoms with Crippen molar-refractivity contribution in [2.75, 3.05) is 6.16 Å². The third-order valence-corrected chi connectivity index (χ3v) is 1.45. The molecule has 0 aromatic heterocycles. The second-order valence-electron chi connectivity index (χ2n) is 0.675. The second kappa shape index (κ2) is 4.82. The van der Waals surface area contributed by atoms with Crippen molar-refractivity contribution in [1.82, 2.24) is 4.86 Å². The van der Waals surface area contributed by atoms with Crippen molar-refractivity contribution >= 4 is 18.1 Å². The fourth-order valence-corrected chi connectivity index (χ4v) is 0.919. The van der Waals surface area contributed by atoms with Crippen molar-refractivity contribution in [1.29, 1.82) is 0 Å². The van der Waals surface area contributed by atoms with Crippen LogP contribution in [0.15, 0.2) is 0 Å². The molecule has 3 heteroatoms. The van der Waals surface area contributed by atoms with Gasteiger partial charge < -0.3 is 0 Å². The van der Waals surface area contributed by atoms with Gasteiger partial charge in [0, 0.05) is 0 Å². The van der Waals surface area contributed by atoms with E-state index in [2.05, 4.69) is 21.2 Å². The van der Waals surface area contributed by atoms with Crippen LogP contribution in [0.4, 0.5) is 0 Å². The van der Waals surface area contributed by atoms with E-state index in [1.807, 2.05) is 0 Å². The first kappa shape index (κ1) is 5.82. The van der Waals surface area contributed by atoms with Crippen LogP contribution < -0.4 is 4.86 Å². The molecule has 0 aromatic carbocycles. The Morgan fingerprint density at radius 1 is 2.00 bits per heavy atom. The van der Waals surface area contributed by atoms with Crippen LogP contribution in [0.1, 0.15) is 6.92 Å². The molecule has 0 spiro atoms. The Bertz CT molecular complexity index is 15.1. The first-order valence-electron chi connectivity index (χ1n) is 1.60. The highest BCUT2D eigenvalue weighted by molar-refractivity contribution is 7.44. The Hall–Kier alpha value is 0.820. The zero-order chi connectivity index (χ0) is 4.12. The Balaban J connectivity index is 2.19. The van der Waals surface area contributed by atoms with Gasteiger partial charge in [0.05, 0.1) is 0 Å². The molecule has 0 radical (unpaired) electrons. The summed E-state index contributed by atoms with van der Waals surface area (Å²) in [5.74, 6) is 0. The zero-order valence-electron chi connectivity index (χ0n) is 3.28. The summed E-state index contributed by atoms with van der Waals surface area (Å²) in [5.41, 5.74) is 0. The fraction of sp³-hybridized carbons (Fsp3) is 1.00. The van der Waals surface area contributed by atoms with Crippen molar-refractivity contribution in [3.63, 3.8) is 0 Å². The van der Waals surface area contributed by atoms with Gasteiger partial charge in [-0.15, -0.1) is 0 Å². The molecule has 1 N–H and O–H groups in total. The van der Waals surface area contributed by atoms with Crippen LogP contribution in [-0.4, -0.2) is 6.16 Å². The van der Waals surface area contributed by atoms with Crippen LogP contribution in [0.5, 0.6) is 0 Å². The summed E-state index contributed by atoms with van der Waals surface area (Å²) in [5, 5.41) is 0. The molecule has 0 aliphatic rings. The average Bonchev–Trinajstić information content (AvgIpc) is 1.41. The molecule has 32 valence electrons. The van der Waals surface area contributed by atoms with Gasteiger partial charge in [-0.1, -0.05) is 25.0 Å². The predicted molar refractivity (Wildman–Crippen MR) is 31.7 cm³/mol. The highest BCUT2D eigenvalue weighted by Crippen LogP contribution is 2.01. The first-order chi connectivity index (χ1) is 2.41. The molecule has 2 unspecified atom stereocenters. The van der Waals surface area contributed by atoms with Gasteiger partial charge >= 0.3 is 0 Å². The molecule has 2 atom stereocenters. The molecule has 0 amide bonds. The van der Waals surface area contributed by atoms with E-state index < -0.39 is 0 Å². The molecule has 0 aliphatic carbocycles. The van der Waals surface area contributed by atoms with Crippen LogP contribution in [0.25, 0.3) is 0 Å². The zero-order valence-corrected chi connectivity index (χ0v) is 5.44. The lowest BCUT2D eigenvalue weighted by atomic mass is 11.0. The number of rotatable bonds is 2. The van der Waals surface area contributed by atoms with Crippen LogP contribution in [0.3, 0.4) is 0 Å². The van der Waals surface area contributed by atoms with Crippen molar-refractivity contribution < 1.29 is 0 Å². The fourth-order valence-electron chi connectivity index (χ4n) is 0.102. The molecule has 0 bridgehead atoms. The molecule has 0 heterocycles. The number of hydrogen-bond donors (Lipinski definition) is 1. The van der Waals surface area contributed by atoms with E-state index in [1.54, 1.807) is 0 Å². The quantitative estimate of drug-likeness (QED) is 0.521. The standard InChI is InChI=1S/C2H9NP2/c1-2-5-3-4/h3,5H,2,4H2,1H3. The SMILES string of the molecule is CCPNP. The predicted octanol–water partition coefficient (Wildman–Crippen LogP) is 0.979. The molecule has 0 saturated heterocycles. The van der Waals surface area contributed by atoms with Crippen LogP contribution in [0.2, 0.25) is 0 Å². The van der Waals surface area contributed by atoms with E-state index in [1.165, 1.54) is 6.16 Å². The highest BCUT2D eigenvalue weighted by Gasteiger charge is 1.64. The third-order valence-electron chi connectivity index (χ3n) is 0.279. The second-order valence-corrected chi connectivity index (χ2v) is 2.89. The van der Waals surface area contributed by atoms with Gasteiger partial charge in [0.1, 0.15) is 0 Å². The molecule has 5 heavy (non-hydrogen) atoms. The topological polar surface area (TPSA) is 12.0 Å². The Morgan fingerprint density at radius 3 is 2.60 bits per heavy atom. The summed E-state index contributed by atoms with van der Waals surface area (Å²) < 4.78 is 0. The molecule has 1 nitrogen and oxygen atoms in total. The lowest BCUT2D eigenvalue weighted by molar-refractivity contribution is 1.48. The summed E-state index contributed by atoms with van der Waals surface area (Å²) in [6, 6.07) is 0. The minimum Gasteiger partial charge on any atom is -0.282 e. The van der Waals surface area contributed by atoms with E-state index in [9.17, 15) is 0 Å². The summed E-state index contributed by atoms with van der Waals surface area (Å²) in [6.07, 6.45) is 1.24. The van der Waals surface area contributed by atoms with Gasteiger partial charge in [-0.2, -0.15) is 0 Å². The highest BCUT2D eigenvalue weighted by atomic mass is 31.1. The molecule has 0 aliphatic heterocycles. The molecule has 0 saturated carbocycles. The molecule has 0 aromatic rings. The van der Waals surface area contributed by atoms with E-state index in [4.69, 9.17) is 0 Å². The monoisotopic (exact) mass is 109 g/mol. The maximum Gasteiger partial charge on any atom is -0.0249 e. The van der Waals surface area contributed by atoms with E-state index in [0.717, 1.165) is 8.73 Å². The molecule has 0 fully saturated rings. The minimum atomic E-state index is 0.910. The lowest BCUT2D eigenvalue weighted by Crippen LogP contribution is -1.73. The Labute approximate surface area is 37.0 Å². The van der Waals surface area contributed by atoms with Crippen molar-refractivity contribution in [3.8, 4) is 0 Å². The maximum atomic E-state index is 2.96. The van der Waals surface area contributed by atoms with E-state index >= 15 is 0 Å². The van der Waals surface area contributed by atoms with Crippen molar-refractivity contribution in [2.45, 2.75) is 6.92 Å². The Morgan fingerprint density at radius 2 is 2.60 bits per heavy atom. The lowest BCUT2D eigenvalue weighted by Gasteiger charge is -1.84. The van der Waals surface area contributed by atoms with E-state index in [-0.39, 0.29) is 0 Å². The van der Waals surface area contributed by atoms with Crippen LogP contribution >= 0.6 is 18.1 Å². The van der Waals surface area contributed by atoms with Gasteiger partial charge in [-0.05, 0) is 6.16 Å². The number of hydrogen-bond acceptors (Lipinski definition) is 1. The van der Waals surface area contributed by atoms with Gasteiger partial charge in [-0.3, -0.25) is 4.86 Å². The number of nitrogens with one attached hydrogen (secondary N) is 1.